The van der Waals surface area contributed by atoms with Gasteiger partial charge in [0.25, 0.3) is 0 Å². The number of aromatic nitrogens is 4. The van der Waals surface area contributed by atoms with Crippen molar-refractivity contribution >= 4 is 46.3 Å². The van der Waals surface area contributed by atoms with Gasteiger partial charge in [-0.05, 0) is 13.0 Å². The van der Waals surface area contributed by atoms with Crippen molar-refractivity contribution in [3.63, 3.8) is 0 Å². The second-order valence-corrected chi connectivity index (χ2v) is 7.54. The van der Waals surface area contributed by atoms with Gasteiger partial charge >= 0.3 is 12.2 Å². The predicted octanol–water partition coefficient (Wildman–Crippen LogP) is 4.17. The molecular weight excluding hydrogens is 446 g/mol. The molecule has 4 heterocycles. The standard InChI is InChI=1S/C17H10Cl2F3N7O/c1-16(17(20,21)22)7-28(11-6-25-13-3-12(19)27-29(13)14(11)16)15(30)26-8-2-9(18)10(4-23)24-5-8/h2-3,5-6H,7H2,1H3,(H,26,30)/t16-/m1/s1. The van der Waals surface area contributed by atoms with E-state index >= 15 is 0 Å². The summed E-state index contributed by atoms with van der Waals surface area (Å²) in [6, 6.07) is 3.52. The Morgan fingerprint density at radius 3 is 2.67 bits per heavy atom. The number of halogens is 5. The maximum Gasteiger partial charge on any atom is 0.401 e. The fourth-order valence-corrected chi connectivity index (χ4v) is 3.65. The number of fused-ring (bicyclic) bond motifs is 3. The second kappa shape index (κ2) is 6.72. The molecule has 3 aromatic heterocycles. The third kappa shape index (κ3) is 3.00. The van der Waals surface area contributed by atoms with Crippen LogP contribution in [0.1, 0.15) is 18.3 Å². The summed E-state index contributed by atoms with van der Waals surface area (Å²) < 4.78 is 43.1. The van der Waals surface area contributed by atoms with E-state index in [1.807, 2.05) is 0 Å². The maximum atomic E-state index is 14.0. The zero-order chi connectivity index (χ0) is 21.8. The van der Waals surface area contributed by atoms with E-state index in [1.165, 1.54) is 24.5 Å². The zero-order valence-corrected chi connectivity index (χ0v) is 16.5. The van der Waals surface area contributed by atoms with Crippen molar-refractivity contribution in [1.82, 2.24) is 19.6 Å². The van der Waals surface area contributed by atoms with E-state index in [0.29, 0.717) is 0 Å². The molecule has 4 rings (SSSR count). The lowest BCUT2D eigenvalue weighted by Gasteiger charge is -2.28. The lowest BCUT2D eigenvalue weighted by Crippen LogP contribution is -2.46. The molecule has 30 heavy (non-hydrogen) atoms. The fraction of sp³-hybridized carbons (Fsp3) is 0.235. The quantitative estimate of drug-likeness (QED) is 0.593. The van der Waals surface area contributed by atoms with Crippen molar-refractivity contribution in [3.05, 3.63) is 46.1 Å². The van der Waals surface area contributed by atoms with Gasteiger partial charge in [0.2, 0.25) is 0 Å². The highest BCUT2D eigenvalue weighted by molar-refractivity contribution is 6.31. The third-order valence-electron chi connectivity index (χ3n) is 4.79. The number of carbonyl (C=O) groups excluding carboxylic acids is 1. The number of nitriles is 1. The largest absolute Gasteiger partial charge is 0.401 e. The van der Waals surface area contributed by atoms with Crippen molar-refractivity contribution in [2.24, 2.45) is 0 Å². The number of pyridine rings is 1. The van der Waals surface area contributed by atoms with Gasteiger partial charge in [0, 0.05) is 12.6 Å². The molecular formula is C17H10Cl2F3N7O. The summed E-state index contributed by atoms with van der Waals surface area (Å²) in [6.07, 6.45) is -2.34. The number of hydrogen-bond donors (Lipinski definition) is 1. The van der Waals surface area contributed by atoms with Crippen LogP contribution in [0.4, 0.5) is 29.3 Å². The van der Waals surface area contributed by atoms with E-state index in [0.717, 1.165) is 16.3 Å². The number of amides is 2. The Balaban J connectivity index is 1.78. The molecule has 0 radical (unpaired) electrons. The highest BCUT2D eigenvalue weighted by atomic mass is 35.5. The predicted molar refractivity (Wildman–Crippen MR) is 102 cm³/mol. The Labute approximate surface area is 176 Å². The van der Waals surface area contributed by atoms with Crippen LogP contribution < -0.4 is 10.2 Å². The summed E-state index contributed by atoms with van der Waals surface area (Å²) in [4.78, 5) is 21.6. The molecule has 8 nitrogen and oxygen atoms in total. The number of rotatable bonds is 1. The molecule has 1 aliphatic rings. The fourth-order valence-electron chi connectivity index (χ4n) is 3.27. The Hall–Kier alpha value is -3.10. The molecule has 0 fully saturated rings. The second-order valence-electron chi connectivity index (χ2n) is 6.74. The SMILES string of the molecule is C[C@@]1(C(F)(F)F)CN(C(=O)Nc2cnc(C#N)c(Cl)c2)c2cnc3cc(Cl)nn3c21. The van der Waals surface area contributed by atoms with Crippen molar-refractivity contribution in [3.8, 4) is 6.07 Å². The molecule has 2 amide bonds. The molecule has 0 saturated heterocycles. The van der Waals surface area contributed by atoms with Crippen LogP contribution in [0.15, 0.2) is 24.5 Å². The number of alkyl halides is 3. The Bertz CT molecular complexity index is 1240. The molecule has 0 spiro atoms. The van der Waals surface area contributed by atoms with Crippen molar-refractivity contribution in [2.45, 2.75) is 18.5 Å². The molecule has 0 aromatic carbocycles. The molecule has 13 heteroatoms. The van der Waals surface area contributed by atoms with Crippen molar-refractivity contribution in [1.29, 1.82) is 5.26 Å². The Kier molecular flexibility index (Phi) is 4.52. The maximum absolute atomic E-state index is 14.0. The van der Waals surface area contributed by atoms with E-state index in [4.69, 9.17) is 28.5 Å². The van der Waals surface area contributed by atoms with Gasteiger partial charge in [-0.1, -0.05) is 23.2 Å². The summed E-state index contributed by atoms with van der Waals surface area (Å²) in [5.74, 6) is 0. The minimum absolute atomic E-state index is 0.00758. The van der Waals surface area contributed by atoms with Crippen molar-refractivity contribution < 1.29 is 18.0 Å². The zero-order valence-electron chi connectivity index (χ0n) is 15.0. The van der Waals surface area contributed by atoms with Crippen LogP contribution in [-0.2, 0) is 5.41 Å². The van der Waals surface area contributed by atoms with Crippen LogP contribution in [0.5, 0.6) is 0 Å². The number of carbonyl (C=O) groups is 1. The first-order chi connectivity index (χ1) is 14.0. The number of urea groups is 1. The number of hydrogen-bond acceptors (Lipinski definition) is 5. The van der Waals surface area contributed by atoms with Gasteiger partial charge < -0.3 is 5.32 Å². The lowest BCUT2D eigenvalue weighted by molar-refractivity contribution is -0.181. The average molecular weight is 456 g/mol. The highest BCUT2D eigenvalue weighted by Gasteiger charge is 2.60. The summed E-state index contributed by atoms with van der Waals surface area (Å²) in [5.41, 5.74) is -2.54. The number of nitrogens with one attached hydrogen (secondary N) is 1. The molecule has 1 N–H and O–H groups in total. The van der Waals surface area contributed by atoms with E-state index < -0.39 is 24.2 Å². The number of nitrogens with zero attached hydrogens (tertiary/aromatic N) is 6. The van der Waals surface area contributed by atoms with Crippen LogP contribution in [-0.4, -0.2) is 38.3 Å². The van der Waals surface area contributed by atoms with Gasteiger partial charge in [-0.3, -0.25) is 4.90 Å². The van der Waals surface area contributed by atoms with Crippen LogP contribution in [0.25, 0.3) is 5.65 Å². The smallest absolute Gasteiger partial charge is 0.306 e. The Morgan fingerprint density at radius 2 is 2.03 bits per heavy atom. The molecule has 0 bridgehead atoms. The van der Waals surface area contributed by atoms with Crippen LogP contribution in [0.3, 0.4) is 0 Å². The van der Waals surface area contributed by atoms with Crippen LogP contribution in [0.2, 0.25) is 10.2 Å². The van der Waals surface area contributed by atoms with Crippen LogP contribution in [0, 0.1) is 11.3 Å². The normalized spacial score (nSPS) is 18.4. The molecule has 0 saturated carbocycles. The van der Waals surface area contributed by atoms with Gasteiger partial charge in [-0.2, -0.15) is 23.5 Å². The lowest BCUT2D eigenvalue weighted by atomic mass is 9.88. The van der Waals surface area contributed by atoms with Gasteiger partial charge in [-0.15, -0.1) is 0 Å². The first-order valence-corrected chi connectivity index (χ1v) is 9.06. The van der Waals surface area contributed by atoms with Gasteiger partial charge in [0.05, 0.1) is 34.5 Å². The number of anilines is 2. The summed E-state index contributed by atoms with van der Waals surface area (Å²) in [6.45, 7) is 0.279. The first kappa shape index (κ1) is 20.2. The van der Waals surface area contributed by atoms with E-state index in [2.05, 4.69) is 20.4 Å². The monoisotopic (exact) mass is 455 g/mol. The summed E-state index contributed by atoms with van der Waals surface area (Å²) in [7, 11) is 0. The molecule has 1 atom stereocenters. The minimum Gasteiger partial charge on any atom is -0.306 e. The first-order valence-electron chi connectivity index (χ1n) is 8.31. The molecule has 0 unspecified atom stereocenters. The highest BCUT2D eigenvalue weighted by Crippen LogP contribution is 2.50. The van der Waals surface area contributed by atoms with E-state index in [1.54, 1.807) is 6.07 Å². The van der Waals surface area contributed by atoms with Gasteiger partial charge in [0.1, 0.15) is 11.5 Å². The minimum atomic E-state index is -4.69. The van der Waals surface area contributed by atoms with Crippen LogP contribution >= 0.6 is 23.2 Å². The summed E-state index contributed by atoms with van der Waals surface area (Å²) >= 11 is 11.7. The molecule has 1 aliphatic heterocycles. The average Bonchev–Trinajstić information content (AvgIpc) is 3.19. The third-order valence-corrected chi connectivity index (χ3v) is 5.26. The topological polar surface area (TPSA) is 99.2 Å². The van der Waals surface area contributed by atoms with Crippen molar-refractivity contribution in [2.75, 3.05) is 16.8 Å². The van der Waals surface area contributed by atoms with E-state index in [-0.39, 0.29) is 38.6 Å². The summed E-state index contributed by atoms with van der Waals surface area (Å²) in [5, 5.41) is 15.2. The van der Waals surface area contributed by atoms with Gasteiger partial charge in [0.15, 0.2) is 16.5 Å². The molecule has 0 aliphatic carbocycles. The van der Waals surface area contributed by atoms with Gasteiger partial charge in [-0.25, -0.2) is 19.3 Å². The Morgan fingerprint density at radius 1 is 1.30 bits per heavy atom. The molecule has 3 aromatic rings. The molecule has 154 valence electrons. The van der Waals surface area contributed by atoms with E-state index in [9.17, 15) is 18.0 Å².